The highest BCUT2D eigenvalue weighted by Crippen LogP contribution is 2.38. The van der Waals surface area contributed by atoms with Gasteiger partial charge in [-0.25, -0.2) is 8.42 Å². The molecule has 4 rings (SSSR count). The molecular weight excluding hydrogens is 627 g/mol. The third kappa shape index (κ3) is 8.58. The van der Waals surface area contributed by atoms with Gasteiger partial charge in [0.15, 0.2) is 0 Å². The lowest BCUT2D eigenvalue weighted by Crippen LogP contribution is -2.54. The number of anilines is 1. The highest BCUT2D eigenvalue weighted by atomic mass is 35.5. The SMILES string of the molecule is CC[C@H](C(=O)NC1CCCCC1)N(Cc1cccc(C)c1)C(=O)CN(c1ccc(Cl)c(C(F)(F)F)c1)S(=O)(=O)c1ccccc1. The molecule has 1 N–H and O–H groups in total. The summed E-state index contributed by atoms with van der Waals surface area (Å²) in [5.74, 6) is -1.10. The Bertz CT molecular complexity index is 1600. The molecule has 0 radical (unpaired) electrons. The summed E-state index contributed by atoms with van der Waals surface area (Å²) in [5, 5.41) is 2.46. The zero-order valence-corrected chi connectivity index (χ0v) is 26.8. The number of nitrogens with zero attached hydrogens (tertiary/aromatic N) is 2. The van der Waals surface area contributed by atoms with E-state index in [0.717, 1.165) is 55.4 Å². The Hall–Kier alpha value is -3.57. The molecule has 3 aromatic carbocycles. The summed E-state index contributed by atoms with van der Waals surface area (Å²) in [5.41, 5.74) is 0.0146. The molecule has 0 bridgehead atoms. The third-order valence-corrected chi connectivity index (χ3v) is 10.0. The Balaban J connectivity index is 1.76. The average molecular weight is 664 g/mol. The van der Waals surface area contributed by atoms with Gasteiger partial charge in [0, 0.05) is 12.6 Å². The van der Waals surface area contributed by atoms with Crippen molar-refractivity contribution in [3.8, 4) is 0 Å². The molecule has 7 nitrogen and oxygen atoms in total. The number of carbonyl (C=O) groups is 2. The summed E-state index contributed by atoms with van der Waals surface area (Å²) in [6.07, 6.45) is 0.0854. The van der Waals surface area contributed by atoms with E-state index in [1.165, 1.54) is 29.2 Å². The first-order chi connectivity index (χ1) is 21.3. The van der Waals surface area contributed by atoms with Crippen molar-refractivity contribution in [1.82, 2.24) is 10.2 Å². The summed E-state index contributed by atoms with van der Waals surface area (Å²) in [6, 6.07) is 16.2. The van der Waals surface area contributed by atoms with E-state index in [9.17, 15) is 31.2 Å². The maximum absolute atomic E-state index is 14.2. The summed E-state index contributed by atoms with van der Waals surface area (Å²) in [7, 11) is -4.54. The van der Waals surface area contributed by atoms with Crippen molar-refractivity contribution in [2.45, 2.75) is 82.1 Å². The van der Waals surface area contributed by atoms with Gasteiger partial charge < -0.3 is 10.2 Å². The maximum atomic E-state index is 14.2. The number of hydrogen-bond acceptors (Lipinski definition) is 4. The number of nitrogens with one attached hydrogen (secondary N) is 1. The van der Waals surface area contributed by atoms with Gasteiger partial charge >= 0.3 is 6.18 Å². The molecule has 0 heterocycles. The number of alkyl halides is 3. The fraction of sp³-hybridized carbons (Fsp3) is 0.394. The largest absolute Gasteiger partial charge is 0.417 e. The predicted molar refractivity (Wildman–Crippen MR) is 168 cm³/mol. The molecule has 0 saturated heterocycles. The Morgan fingerprint density at radius 1 is 0.978 bits per heavy atom. The van der Waals surface area contributed by atoms with Gasteiger partial charge in [-0.2, -0.15) is 13.2 Å². The van der Waals surface area contributed by atoms with Gasteiger partial charge in [-0.3, -0.25) is 13.9 Å². The van der Waals surface area contributed by atoms with Crippen LogP contribution in [-0.4, -0.2) is 43.8 Å². The molecule has 1 aliphatic rings. The lowest BCUT2D eigenvalue weighted by Gasteiger charge is -2.34. The molecule has 45 heavy (non-hydrogen) atoms. The normalized spacial score (nSPS) is 14.9. The van der Waals surface area contributed by atoms with E-state index < -0.39 is 45.3 Å². The number of halogens is 4. The fourth-order valence-electron chi connectivity index (χ4n) is 5.61. The summed E-state index contributed by atoms with van der Waals surface area (Å²) in [6.45, 7) is 2.78. The second kappa shape index (κ2) is 14.7. The van der Waals surface area contributed by atoms with E-state index in [4.69, 9.17) is 11.6 Å². The van der Waals surface area contributed by atoms with Gasteiger partial charge in [0.1, 0.15) is 12.6 Å². The number of amides is 2. The zero-order valence-electron chi connectivity index (χ0n) is 25.2. The minimum atomic E-state index is -4.87. The first kappa shape index (κ1) is 34.3. The van der Waals surface area contributed by atoms with Crippen LogP contribution in [0.15, 0.2) is 77.7 Å². The molecule has 242 valence electrons. The van der Waals surface area contributed by atoms with Crippen LogP contribution in [0.2, 0.25) is 5.02 Å². The van der Waals surface area contributed by atoms with E-state index in [-0.39, 0.29) is 35.5 Å². The van der Waals surface area contributed by atoms with E-state index >= 15 is 0 Å². The quantitative estimate of drug-likeness (QED) is 0.237. The number of aryl methyl sites for hydroxylation is 1. The minimum Gasteiger partial charge on any atom is -0.352 e. The third-order valence-electron chi connectivity index (χ3n) is 7.93. The van der Waals surface area contributed by atoms with Crippen LogP contribution >= 0.6 is 11.6 Å². The van der Waals surface area contributed by atoms with Crippen molar-refractivity contribution >= 4 is 39.1 Å². The standard InChI is InChI=1S/C33H37ClF3N3O4S/c1-3-30(32(42)38-25-13-6-4-7-14-25)39(21-24-12-10-11-23(2)19-24)31(41)22-40(45(43,44)27-15-8-5-9-16-27)26-17-18-29(34)28(20-26)33(35,36)37/h5,8-12,15-20,25,30H,3-4,6-7,13-14,21-22H2,1-2H3,(H,38,42)/t30-/m1/s1. The summed E-state index contributed by atoms with van der Waals surface area (Å²) in [4.78, 5) is 29.0. The van der Waals surface area contributed by atoms with E-state index in [1.807, 2.05) is 25.1 Å². The molecule has 2 amide bonds. The topological polar surface area (TPSA) is 86.8 Å². The molecule has 1 aliphatic carbocycles. The molecule has 12 heteroatoms. The van der Waals surface area contributed by atoms with E-state index in [2.05, 4.69) is 5.32 Å². The first-order valence-corrected chi connectivity index (χ1v) is 16.7. The van der Waals surface area contributed by atoms with Crippen molar-refractivity contribution < 1.29 is 31.2 Å². The van der Waals surface area contributed by atoms with Crippen molar-refractivity contribution in [2.75, 3.05) is 10.8 Å². The monoisotopic (exact) mass is 663 g/mol. The van der Waals surface area contributed by atoms with Crippen LogP contribution in [0.4, 0.5) is 18.9 Å². The molecular formula is C33H37ClF3N3O4S. The Kier molecular flexibility index (Phi) is 11.2. The van der Waals surface area contributed by atoms with Gasteiger partial charge in [-0.05, 0) is 62.1 Å². The minimum absolute atomic E-state index is 0.00918. The van der Waals surface area contributed by atoms with Gasteiger partial charge in [0.25, 0.3) is 10.0 Å². The highest BCUT2D eigenvalue weighted by Gasteiger charge is 2.37. The Labute approximate surface area is 267 Å². The van der Waals surface area contributed by atoms with Crippen LogP contribution in [-0.2, 0) is 32.3 Å². The number of rotatable bonds is 11. The lowest BCUT2D eigenvalue weighted by molar-refractivity contribution is -0.140. The molecule has 0 aliphatic heterocycles. The van der Waals surface area contributed by atoms with Crippen LogP contribution in [0, 0.1) is 6.92 Å². The van der Waals surface area contributed by atoms with Crippen molar-refractivity contribution in [2.24, 2.45) is 0 Å². The second-order valence-corrected chi connectivity index (χ2v) is 13.5. The molecule has 3 aromatic rings. The first-order valence-electron chi connectivity index (χ1n) is 14.9. The second-order valence-electron chi connectivity index (χ2n) is 11.3. The van der Waals surface area contributed by atoms with Crippen LogP contribution in [0.1, 0.15) is 62.1 Å². The van der Waals surface area contributed by atoms with Crippen LogP contribution in [0.5, 0.6) is 0 Å². The van der Waals surface area contributed by atoms with Gasteiger partial charge in [0.05, 0.1) is 21.2 Å². The molecule has 0 aromatic heterocycles. The highest BCUT2D eigenvalue weighted by molar-refractivity contribution is 7.92. The number of carbonyl (C=O) groups excluding carboxylic acids is 2. The fourth-order valence-corrected chi connectivity index (χ4v) is 7.26. The number of hydrogen-bond donors (Lipinski definition) is 1. The van der Waals surface area contributed by atoms with Crippen LogP contribution in [0.25, 0.3) is 0 Å². The van der Waals surface area contributed by atoms with Crippen LogP contribution in [0.3, 0.4) is 0 Å². The molecule has 0 spiro atoms. The smallest absolute Gasteiger partial charge is 0.352 e. The molecule has 1 atom stereocenters. The number of sulfonamides is 1. The molecule has 0 unspecified atom stereocenters. The summed E-state index contributed by atoms with van der Waals surface area (Å²) >= 11 is 5.84. The van der Waals surface area contributed by atoms with E-state index in [1.54, 1.807) is 19.1 Å². The number of benzene rings is 3. The van der Waals surface area contributed by atoms with Gasteiger partial charge in [0.2, 0.25) is 11.8 Å². The lowest BCUT2D eigenvalue weighted by atomic mass is 9.95. The van der Waals surface area contributed by atoms with Crippen molar-refractivity contribution in [3.05, 3.63) is 94.5 Å². The van der Waals surface area contributed by atoms with Gasteiger partial charge in [-0.1, -0.05) is 85.8 Å². The average Bonchev–Trinajstić information content (AvgIpc) is 3.00. The van der Waals surface area contributed by atoms with Crippen molar-refractivity contribution in [3.63, 3.8) is 0 Å². The Morgan fingerprint density at radius 2 is 1.67 bits per heavy atom. The Morgan fingerprint density at radius 3 is 2.29 bits per heavy atom. The predicted octanol–water partition coefficient (Wildman–Crippen LogP) is 7.12. The van der Waals surface area contributed by atoms with Crippen LogP contribution < -0.4 is 9.62 Å². The molecule has 1 fully saturated rings. The van der Waals surface area contributed by atoms with Crippen molar-refractivity contribution in [1.29, 1.82) is 0 Å². The van der Waals surface area contributed by atoms with E-state index in [0.29, 0.717) is 10.4 Å². The van der Waals surface area contributed by atoms with Gasteiger partial charge in [-0.15, -0.1) is 0 Å². The zero-order chi connectivity index (χ0) is 32.8. The maximum Gasteiger partial charge on any atom is 0.417 e. The summed E-state index contributed by atoms with van der Waals surface area (Å²) < 4.78 is 70.0. The molecule has 1 saturated carbocycles.